The first-order chi connectivity index (χ1) is 19.2. The number of carbonyl (C=O) groups excluding carboxylic acids is 1. The Labute approximate surface area is 238 Å². The third-order valence-corrected chi connectivity index (χ3v) is 7.15. The monoisotopic (exact) mass is 540 g/mol. The lowest BCUT2D eigenvalue weighted by Crippen LogP contribution is -2.49. The summed E-state index contributed by atoms with van der Waals surface area (Å²) in [4.78, 5) is 24.1. The van der Waals surface area contributed by atoms with E-state index >= 15 is 0 Å². The molecule has 1 aliphatic heterocycles. The largest absolute Gasteiger partial charge is 0.472 e. The molecule has 1 aliphatic rings. The molecule has 2 heterocycles. The number of hydrogen-bond donors (Lipinski definition) is 1. The summed E-state index contributed by atoms with van der Waals surface area (Å²) in [6.45, 7) is 6.33. The molecule has 1 N–H and O–H groups in total. The first kappa shape index (κ1) is 29.3. The maximum absolute atomic E-state index is 13.6. The van der Waals surface area contributed by atoms with Gasteiger partial charge in [-0.3, -0.25) is 14.6 Å². The molecular formula is C33H40N4O3. The zero-order valence-corrected chi connectivity index (χ0v) is 24.2. The summed E-state index contributed by atoms with van der Waals surface area (Å²) in [5.74, 6) is 6.34. The van der Waals surface area contributed by atoms with Crippen LogP contribution in [-0.2, 0) is 6.54 Å². The highest BCUT2D eigenvalue weighted by atomic mass is 16.5. The normalized spacial score (nSPS) is 17.9. The molecule has 0 unspecified atom stereocenters. The molecule has 1 amide bonds. The molecule has 3 atom stereocenters. The predicted molar refractivity (Wildman–Crippen MR) is 159 cm³/mol. The lowest BCUT2D eigenvalue weighted by atomic mass is 9.99. The molecule has 7 nitrogen and oxygen atoms in total. The fourth-order valence-corrected chi connectivity index (χ4v) is 4.80. The molecule has 7 heteroatoms. The van der Waals surface area contributed by atoms with Crippen LogP contribution in [0, 0.1) is 17.8 Å². The second-order valence-corrected chi connectivity index (χ2v) is 11.0. The van der Waals surface area contributed by atoms with Crippen LogP contribution in [0.15, 0.2) is 66.9 Å². The molecule has 0 saturated heterocycles. The Kier molecular flexibility index (Phi) is 9.94. The number of carbonyl (C=O) groups is 1. The van der Waals surface area contributed by atoms with Gasteiger partial charge in [0, 0.05) is 37.3 Å². The van der Waals surface area contributed by atoms with Gasteiger partial charge in [-0.25, -0.2) is 4.98 Å². The van der Waals surface area contributed by atoms with Crippen LogP contribution in [-0.4, -0.2) is 90.2 Å². The van der Waals surface area contributed by atoms with E-state index in [4.69, 9.17) is 4.74 Å². The van der Waals surface area contributed by atoms with E-state index in [2.05, 4.69) is 84.2 Å². The van der Waals surface area contributed by atoms with Crippen molar-refractivity contribution in [2.75, 3.05) is 47.4 Å². The van der Waals surface area contributed by atoms with Crippen LogP contribution in [0.5, 0.6) is 5.88 Å². The van der Waals surface area contributed by atoms with Crippen LogP contribution in [0.4, 0.5) is 0 Å². The van der Waals surface area contributed by atoms with Crippen molar-refractivity contribution in [3.8, 4) is 28.8 Å². The zero-order valence-electron chi connectivity index (χ0n) is 24.2. The maximum Gasteiger partial charge on any atom is 0.259 e. The number of fused-ring (bicyclic) bond motifs is 1. The van der Waals surface area contributed by atoms with Gasteiger partial charge >= 0.3 is 0 Å². The Morgan fingerprint density at radius 1 is 1.10 bits per heavy atom. The van der Waals surface area contributed by atoms with Gasteiger partial charge in [-0.05, 0) is 50.8 Å². The molecule has 0 aliphatic carbocycles. The van der Waals surface area contributed by atoms with E-state index in [1.54, 1.807) is 17.2 Å². The van der Waals surface area contributed by atoms with Gasteiger partial charge in [0.2, 0.25) is 5.88 Å². The highest BCUT2D eigenvalue weighted by molar-refractivity contribution is 5.97. The van der Waals surface area contributed by atoms with Crippen molar-refractivity contribution < 1.29 is 14.6 Å². The molecule has 4 rings (SSSR count). The summed E-state index contributed by atoms with van der Waals surface area (Å²) in [7, 11) is 5.99. The van der Waals surface area contributed by atoms with Crippen molar-refractivity contribution in [2.45, 2.75) is 32.5 Å². The number of aliphatic hydroxyl groups excluding tert-OH is 1. The van der Waals surface area contributed by atoms with Crippen LogP contribution in [0.2, 0.25) is 0 Å². The molecule has 0 spiro atoms. The number of amides is 1. The molecule has 210 valence electrons. The minimum Gasteiger partial charge on any atom is -0.472 e. The minimum absolute atomic E-state index is 0.0235. The number of aromatic nitrogens is 1. The van der Waals surface area contributed by atoms with Gasteiger partial charge in [0.15, 0.2) is 0 Å². The molecular weight excluding hydrogens is 500 g/mol. The Balaban J connectivity index is 1.53. The average Bonchev–Trinajstić information content (AvgIpc) is 2.95. The molecule has 0 saturated carbocycles. The summed E-state index contributed by atoms with van der Waals surface area (Å²) < 4.78 is 6.45. The molecule has 2 aromatic carbocycles. The zero-order chi connectivity index (χ0) is 28.6. The quantitative estimate of drug-likeness (QED) is 0.436. The van der Waals surface area contributed by atoms with Gasteiger partial charge in [0.05, 0.1) is 19.2 Å². The maximum atomic E-state index is 13.6. The summed E-state index contributed by atoms with van der Waals surface area (Å²) >= 11 is 0. The number of pyridine rings is 1. The van der Waals surface area contributed by atoms with E-state index in [0.717, 1.165) is 6.54 Å². The van der Waals surface area contributed by atoms with E-state index in [1.165, 1.54) is 16.7 Å². The molecule has 0 radical (unpaired) electrons. The average molecular weight is 541 g/mol. The van der Waals surface area contributed by atoms with E-state index in [1.807, 2.05) is 32.0 Å². The number of likely N-dealkylation sites (N-methyl/N-ethyl adjacent to an activating group) is 1. The number of rotatable bonds is 8. The first-order valence-corrected chi connectivity index (χ1v) is 13.8. The van der Waals surface area contributed by atoms with E-state index in [0.29, 0.717) is 36.6 Å². The number of nitrogens with zero attached hydrogens (tertiary/aromatic N) is 4. The van der Waals surface area contributed by atoms with Crippen LogP contribution in [0.3, 0.4) is 0 Å². The van der Waals surface area contributed by atoms with Crippen molar-refractivity contribution in [1.29, 1.82) is 0 Å². The van der Waals surface area contributed by atoms with Crippen LogP contribution in [0.1, 0.15) is 35.3 Å². The number of ether oxygens (including phenoxy) is 1. The number of hydrogen-bond acceptors (Lipinski definition) is 6. The molecule has 3 aromatic rings. The lowest BCUT2D eigenvalue weighted by molar-refractivity contribution is 0.0325. The predicted octanol–water partition coefficient (Wildman–Crippen LogP) is 4.01. The third kappa shape index (κ3) is 7.48. The van der Waals surface area contributed by atoms with E-state index in [-0.39, 0.29) is 30.6 Å². The van der Waals surface area contributed by atoms with Crippen molar-refractivity contribution in [2.24, 2.45) is 5.92 Å². The standard InChI is InChI=1S/C33H40N4O3/c1-24-20-37(25(2)23-38)33(39)30-18-27(10-9-17-35(3)4)19-34-32(30)40-31(24)22-36(5)21-26-13-15-29(16-14-26)28-11-7-6-8-12-28/h6-8,11-16,18-19,24-25,31,38H,17,20-23H2,1-5H3/t24-,25+,31-/m1/s1. The second-order valence-electron chi connectivity index (χ2n) is 11.0. The topological polar surface area (TPSA) is 69.1 Å². The van der Waals surface area contributed by atoms with Crippen LogP contribution < -0.4 is 4.74 Å². The summed E-state index contributed by atoms with van der Waals surface area (Å²) in [6, 6.07) is 20.4. The third-order valence-electron chi connectivity index (χ3n) is 7.15. The van der Waals surface area contributed by atoms with E-state index < -0.39 is 0 Å². The van der Waals surface area contributed by atoms with Crippen molar-refractivity contribution in [3.63, 3.8) is 0 Å². The van der Waals surface area contributed by atoms with Gasteiger partial charge in [-0.15, -0.1) is 0 Å². The highest BCUT2D eigenvalue weighted by Gasteiger charge is 2.34. The van der Waals surface area contributed by atoms with Gasteiger partial charge in [0.1, 0.15) is 11.7 Å². The fraction of sp³-hybridized carbons (Fsp3) is 0.394. The minimum atomic E-state index is -0.328. The first-order valence-electron chi connectivity index (χ1n) is 13.8. The fourth-order valence-electron chi connectivity index (χ4n) is 4.80. The lowest BCUT2D eigenvalue weighted by Gasteiger charge is -2.37. The Morgan fingerprint density at radius 2 is 1.80 bits per heavy atom. The Bertz CT molecular complexity index is 1330. The van der Waals surface area contributed by atoms with Crippen LogP contribution in [0.25, 0.3) is 11.1 Å². The summed E-state index contributed by atoms with van der Waals surface area (Å²) in [6.07, 6.45) is 1.46. The van der Waals surface area contributed by atoms with E-state index in [9.17, 15) is 9.90 Å². The van der Waals surface area contributed by atoms with Gasteiger partial charge in [0.25, 0.3) is 5.91 Å². The molecule has 0 fully saturated rings. The summed E-state index contributed by atoms with van der Waals surface area (Å²) in [5, 5.41) is 9.92. The van der Waals surface area contributed by atoms with Crippen molar-refractivity contribution >= 4 is 5.91 Å². The molecule has 1 aromatic heterocycles. The van der Waals surface area contributed by atoms with Gasteiger partial charge in [-0.1, -0.05) is 73.4 Å². The van der Waals surface area contributed by atoms with Gasteiger partial charge < -0.3 is 14.7 Å². The highest BCUT2D eigenvalue weighted by Crippen LogP contribution is 2.28. The SMILES string of the molecule is C[C@@H]1CN([C@@H](C)CO)C(=O)c2cc(C#CCN(C)C)cnc2O[C@@H]1CN(C)Cc1ccc(-c2ccccc2)cc1. The summed E-state index contributed by atoms with van der Waals surface area (Å²) in [5.41, 5.74) is 4.66. The second kappa shape index (κ2) is 13.6. The molecule has 40 heavy (non-hydrogen) atoms. The smallest absolute Gasteiger partial charge is 0.259 e. The van der Waals surface area contributed by atoms with Crippen molar-refractivity contribution in [3.05, 3.63) is 83.6 Å². The van der Waals surface area contributed by atoms with Crippen LogP contribution >= 0.6 is 0 Å². The van der Waals surface area contributed by atoms with Crippen molar-refractivity contribution in [1.82, 2.24) is 19.7 Å². The Morgan fingerprint density at radius 3 is 2.48 bits per heavy atom. The van der Waals surface area contributed by atoms with Gasteiger partial charge in [-0.2, -0.15) is 0 Å². The number of aliphatic hydroxyl groups is 1. The molecule has 0 bridgehead atoms. The Hall–Kier alpha value is -3.70. The number of benzene rings is 2.